The van der Waals surface area contributed by atoms with Crippen LogP contribution < -0.4 is 45.7 Å². The number of esters is 1. The Morgan fingerprint density at radius 3 is 2.73 bits per heavy atom. The van der Waals surface area contributed by atoms with E-state index < -0.39 is 41.2 Å². The van der Waals surface area contributed by atoms with Crippen molar-refractivity contribution in [2.75, 3.05) is 5.75 Å². The zero-order chi connectivity index (χ0) is 15.7. The first kappa shape index (κ1) is 19.0. The molecule has 2 heterocycles. The first-order valence-electron chi connectivity index (χ1n) is 5.90. The molecule has 2 rings (SSSR count). The third-order valence-corrected chi connectivity index (χ3v) is 4.38. The monoisotopic (exact) mass is 337 g/mol. The fourth-order valence-corrected chi connectivity index (χ4v) is 3.59. The Bertz CT molecular complexity index is 554. The van der Waals surface area contributed by atoms with Crippen molar-refractivity contribution in [3.8, 4) is 0 Å². The SMILES string of the molecule is CC(=O)OC(N)C1=C(C(=O)[O-])N2C(=O)[C@H](NC=O)[C@H]2SC1.[Na+]. The fourth-order valence-electron chi connectivity index (χ4n) is 2.19. The number of thioether (sulfide) groups is 1. The van der Waals surface area contributed by atoms with Gasteiger partial charge in [0, 0.05) is 18.2 Å². The smallest absolute Gasteiger partial charge is 0.543 e. The van der Waals surface area contributed by atoms with Gasteiger partial charge in [-0.3, -0.25) is 25.0 Å². The molecule has 22 heavy (non-hydrogen) atoms. The molecule has 9 nitrogen and oxygen atoms in total. The van der Waals surface area contributed by atoms with Gasteiger partial charge in [-0.1, -0.05) is 0 Å². The largest absolute Gasteiger partial charge is 1.00 e. The maximum atomic E-state index is 11.9. The van der Waals surface area contributed by atoms with E-state index in [1.54, 1.807) is 0 Å². The van der Waals surface area contributed by atoms with Crippen LogP contribution in [-0.4, -0.2) is 52.6 Å². The second-order valence-electron chi connectivity index (χ2n) is 4.36. The van der Waals surface area contributed by atoms with E-state index in [4.69, 9.17) is 10.5 Å². The van der Waals surface area contributed by atoms with Gasteiger partial charge < -0.3 is 20.0 Å². The van der Waals surface area contributed by atoms with E-state index in [2.05, 4.69) is 5.32 Å². The summed E-state index contributed by atoms with van der Waals surface area (Å²) >= 11 is 1.21. The number of carbonyl (C=O) groups is 4. The van der Waals surface area contributed by atoms with Crippen molar-refractivity contribution in [3.63, 3.8) is 0 Å². The zero-order valence-corrected chi connectivity index (χ0v) is 14.7. The number of hydrogen-bond donors (Lipinski definition) is 2. The summed E-state index contributed by atoms with van der Waals surface area (Å²) in [5, 5.41) is 13.1. The number of amides is 2. The second kappa shape index (κ2) is 7.47. The molecule has 1 fully saturated rings. The molecular weight excluding hydrogens is 325 g/mol. The number of rotatable bonds is 5. The minimum Gasteiger partial charge on any atom is -0.543 e. The summed E-state index contributed by atoms with van der Waals surface area (Å²) in [6, 6.07) is -0.784. The van der Waals surface area contributed by atoms with Crippen molar-refractivity contribution in [2.24, 2.45) is 5.73 Å². The van der Waals surface area contributed by atoms with E-state index in [0.29, 0.717) is 6.41 Å². The van der Waals surface area contributed by atoms with E-state index in [0.717, 1.165) is 11.8 Å². The quantitative estimate of drug-likeness (QED) is 0.166. The molecule has 2 amide bonds. The summed E-state index contributed by atoms with van der Waals surface area (Å²) < 4.78 is 4.75. The molecule has 0 radical (unpaired) electrons. The number of carbonyl (C=O) groups excluding carboxylic acids is 4. The number of nitrogens with zero attached hydrogens (tertiary/aromatic N) is 1. The van der Waals surface area contributed by atoms with E-state index in [9.17, 15) is 24.3 Å². The molecule has 0 aromatic carbocycles. The van der Waals surface area contributed by atoms with Gasteiger partial charge in [-0.05, 0) is 0 Å². The molecule has 3 atom stereocenters. The van der Waals surface area contributed by atoms with E-state index >= 15 is 0 Å². The number of ether oxygens (including phenoxy) is 1. The number of carboxylic acids is 1. The van der Waals surface area contributed by atoms with Crippen molar-refractivity contribution >= 4 is 36.0 Å². The molecule has 1 saturated heterocycles. The molecule has 3 N–H and O–H groups in total. The van der Waals surface area contributed by atoms with Gasteiger partial charge in [-0.15, -0.1) is 11.8 Å². The van der Waals surface area contributed by atoms with Crippen molar-refractivity contribution in [1.29, 1.82) is 0 Å². The first-order chi connectivity index (χ1) is 9.88. The average molecular weight is 337 g/mol. The number of carboxylic acid groups (broad SMARTS) is 1. The van der Waals surface area contributed by atoms with Crippen molar-refractivity contribution in [3.05, 3.63) is 11.3 Å². The molecule has 0 aromatic heterocycles. The molecule has 1 unspecified atom stereocenters. The summed E-state index contributed by atoms with van der Waals surface area (Å²) in [5.41, 5.74) is 5.32. The van der Waals surface area contributed by atoms with Gasteiger partial charge in [0.25, 0.3) is 5.91 Å². The molecule has 0 saturated carbocycles. The Morgan fingerprint density at radius 1 is 1.59 bits per heavy atom. The molecule has 0 bridgehead atoms. The molecular formula is C11H12N3NaO6S. The number of β-lactam (4-membered cyclic amide) rings is 1. The number of nitrogens with two attached hydrogens (primary N) is 1. The predicted octanol–water partition coefficient (Wildman–Crippen LogP) is -6.13. The van der Waals surface area contributed by atoms with Crippen LogP contribution in [0.15, 0.2) is 11.3 Å². The second-order valence-corrected chi connectivity index (χ2v) is 5.47. The maximum Gasteiger partial charge on any atom is 1.00 e. The zero-order valence-electron chi connectivity index (χ0n) is 11.9. The minimum absolute atomic E-state index is 0. The van der Waals surface area contributed by atoms with Crippen molar-refractivity contribution in [2.45, 2.75) is 24.6 Å². The normalized spacial score (nSPS) is 24.5. The third kappa shape index (κ3) is 3.30. The summed E-state index contributed by atoms with van der Waals surface area (Å²) in [6.45, 7) is 1.14. The van der Waals surface area contributed by atoms with Crippen LogP contribution in [0.5, 0.6) is 0 Å². The minimum atomic E-state index is -1.59. The van der Waals surface area contributed by atoms with Gasteiger partial charge in [-0.2, -0.15) is 0 Å². The standard InChI is InChI=1S/C11H13N3O6S.Na/c1-4(16)20-8(12)5-2-21-10-6(13-3-15)9(17)14(10)7(5)11(18)19;/h3,6,8,10H,2,12H2,1H3,(H,13,15)(H,18,19);/q;+1/p-1/t6-,8?,10+;/m0./s1. The van der Waals surface area contributed by atoms with Gasteiger partial charge >= 0.3 is 35.5 Å². The van der Waals surface area contributed by atoms with Gasteiger partial charge in [0.2, 0.25) is 6.41 Å². The maximum absolute atomic E-state index is 11.9. The first-order valence-corrected chi connectivity index (χ1v) is 6.95. The van der Waals surface area contributed by atoms with Crippen molar-refractivity contribution in [1.82, 2.24) is 10.2 Å². The molecule has 0 aromatic rings. The van der Waals surface area contributed by atoms with Crippen LogP contribution in [0.25, 0.3) is 0 Å². The number of fused-ring (bicyclic) bond motifs is 1. The van der Waals surface area contributed by atoms with E-state index in [1.165, 1.54) is 11.8 Å². The van der Waals surface area contributed by atoms with Gasteiger partial charge in [0.1, 0.15) is 11.4 Å². The Hall–Kier alpha value is -1.07. The van der Waals surface area contributed by atoms with Gasteiger partial charge in [0.15, 0.2) is 6.23 Å². The topological polar surface area (TPSA) is 142 Å². The number of hydrogen-bond acceptors (Lipinski definition) is 8. The van der Waals surface area contributed by atoms with Gasteiger partial charge in [0.05, 0.1) is 11.7 Å². The predicted molar refractivity (Wildman–Crippen MR) is 67.9 cm³/mol. The van der Waals surface area contributed by atoms with E-state index in [-0.39, 0.29) is 40.9 Å². The summed E-state index contributed by atoms with van der Waals surface area (Å²) in [6.07, 6.45) is -0.891. The van der Waals surface area contributed by atoms with Crippen LogP contribution in [-0.2, 0) is 23.9 Å². The summed E-state index contributed by atoms with van der Waals surface area (Å²) in [5.74, 6) is -2.69. The molecule has 0 aliphatic carbocycles. The van der Waals surface area contributed by atoms with Crippen LogP contribution in [0.2, 0.25) is 0 Å². The summed E-state index contributed by atoms with van der Waals surface area (Å²) in [7, 11) is 0. The molecule has 11 heteroatoms. The Morgan fingerprint density at radius 2 is 2.23 bits per heavy atom. The van der Waals surface area contributed by atoms with Crippen LogP contribution in [0, 0.1) is 0 Å². The van der Waals surface area contributed by atoms with Crippen LogP contribution >= 0.6 is 11.8 Å². The fraction of sp³-hybridized carbons (Fsp3) is 0.455. The third-order valence-electron chi connectivity index (χ3n) is 3.08. The Labute approximate surface area is 151 Å². The average Bonchev–Trinajstić information content (AvgIpc) is 2.41. The molecule has 0 spiro atoms. The van der Waals surface area contributed by atoms with Crippen molar-refractivity contribution < 1.29 is 58.6 Å². The number of aliphatic carboxylic acids is 1. The van der Waals surface area contributed by atoms with Crippen LogP contribution in [0.3, 0.4) is 0 Å². The number of nitrogens with one attached hydrogen (secondary N) is 1. The molecule has 114 valence electrons. The molecule has 2 aliphatic heterocycles. The summed E-state index contributed by atoms with van der Waals surface area (Å²) in [4.78, 5) is 45.5. The van der Waals surface area contributed by atoms with E-state index in [1.807, 2.05) is 0 Å². The Kier molecular flexibility index (Phi) is 6.44. The Balaban J connectivity index is 0.00000242. The van der Waals surface area contributed by atoms with Crippen LogP contribution in [0.1, 0.15) is 6.92 Å². The van der Waals surface area contributed by atoms with Gasteiger partial charge in [-0.25, -0.2) is 0 Å². The van der Waals surface area contributed by atoms with Crippen LogP contribution in [0.4, 0.5) is 0 Å². The molecule has 2 aliphatic rings.